The van der Waals surface area contributed by atoms with Crippen LogP contribution in [0.1, 0.15) is 25.5 Å². The summed E-state index contributed by atoms with van der Waals surface area (Å²) in [5.41, 5.74) is 0.995. The van der Waals surface area contributed by atoms with Crippen LogP contribution in [0.5, 0.6) is 0 Å². The summed E-state index contributed by atoms with van der Waals surface area (Å²) in [7, 11) is 1.81. The number of carbonyl (C=O) groups is 1. The average molecular weight is 317 g/mol. The number of nitrogens with zero attached hydrogens (tertiary/aromatic N) is 3. The normalized spacial score (nSPS) is 14.4. The lowest BCUT2D eigenvalue weighted by Crippen LogP contribution is -2.39. The van der Waals surface area contributed by atoms with E-state index in [0.717, 1.165) is 37.1 Å². The van der Waals surface area contributed by atoms with Crippen molar-refractivity contribution < 1.29 is 4.79 Å². The molecule has 0 radical (unpaired) electrons. The van der Waals surface area contributed by atoms with Gasteiger partial charge in [-0.05, 0) is 37.8 Å². The van der Waals surface area contributed by atoms with Crippen LogP contribution in [0.2, 0.25) is 0 Å². The number of guanidine groups is 1. The Morgan fingerprint density at radius 3 is 2.87 bits per heavy atom. The van der Waals surface area contributed by atoms with Gasteiger partial charge in [0, 0.05) is 45.0 Å². The van der Waals surface area contributed by atoms with E-state index in [-0.39, 0.29) is 12.5 Å². The van der Waals surface area contributed by atoms with Crippen LogP contribution in [0.15, 0.2) is 29.4 Å². The number of carbonyl (C=O) groups excluding carboxylic acids is 1. The fraction of sp³-hybridized carbons (Fsp3) is 0.588. The van der Waals surface area contributed by atoms with E-state index < -0.39 is 0 Å². The maximum atomic E-state index is 12.2. The van der Waals surface area contributed by atoms with Gasteiger partial charge < -0.3 is 15.5 Å². The zero-order valence-corrected chi connectivity index (χ0v) is 14.1. The Balaban J connectivity index is 1.74. The number of hydrogen-bond donors (Lipinski definition) is 2. The first kappa shape index (κ1) is 17.2. The van der Waals surface area contributed by atoms with Crippen LogP contribution in [0.3, 0.4) is 0 Å². The highest BCUT2D eigenvalue weighted by Gasteiger charge is 2.21. The number of pyridine rings is 1. The fourth-order valence-corrected chi connectivity index (χ4v) is 2.13. The maximum absolute atomic E-state index is 12.2. The van der Waals surface area contributed by atoms with E-state index in [9.17, 15) is 4.79 Å². The summed E-state index contributed by atoms with van der Waals surface area (Å²) in [6.07, 6.45) is 5.12. The molecule has 0 bridgehead atoms. The monoisotopic (exact) mass is 317 g/mol. The molecule has 2 N–H and O–H groups in total. The van der Waals surface area contributed by atoms with Gasteiger partial charge in [-0.2, -0.15) is 0 Å². The third-order valence-corrected chi connectivity index (χ3v) is 3.83. The minimum absolute atomic E-state index is 0.0181. The van der Waals surface area contributed by atoms with Gasteiger partial charge in [0.25, 0.3) is 0 Å². The molecule has 1 aliphatic rings. The van der Waals surface area contributed by atoms with E-state index in [1.165, 1.54) is 12.8 Å². The Morgan fingerprint density at radius 1 is 1.39 bits per heavy atom. The third kappa shape index (κ3) is 6.67. The topological polar surface area (TPSA) is 69.6 Å². The number of aliphatic imine (C=N–C) groups is 1. The van der Waals surface area contributed by atoms with Crippen molar-refractivity contribution in [3.05, 3.63) is 30.1 Å². The molecule has 23 heavy (non-hydrogen) atoms. The zero-order chi connectivity index (χ0) is 16.5. The van der Waals surface area contributed by atoms with E-state index in [1.54, 1.807) is 11.1 Å². The molecule has 0 spiro atoms. The van der Waals surface area contributed by atoms with Gasteiger partial charge in [0.05, 0.1) is 0 Å². The summed E-state index contributed by atoms with van der Waals surface area (Å²) in [6, 6.07) is 5.83. The lowest BCUT2D eigenvalue weighted by atomic mass is 10.2. The van der Waals surface area contributed by atoms with Gasteiger partial charge in [0.1, 0.15) is 6.54 Å². The summed E-state index contributed by atoms with van der Waals surface area (Å²) >= 11 is 0. The minimum Gasteiger partial charge on any atom is -0.357 e. The summed E-state index contributed by atoms with van der Waals surface area (Å²) in [5.74, 6) is 1.52. The lowest BCUT2D eigenvalue weighted by molar-refractivity contribution is -0.128. The predicted molar refractivity (Wildman–Crippen MR) is 92.3 cm³/mol. The molecule has 0 atom stereocenters. The highest BCUT2D eigenvalue weighted by molar-refractivity contribution is 5.84. The third-order valence-electron chi connectivity index (χ3n) is 3.83. The Hall–Kier alpha value is -2.11. The number of aromatic nitrogens is 1. The van der Waals surface area contributed by atoms with Crippen LogP contribution in [0.4, 0.5) is 0 Å². The fourth-order valence-electron chi connectivity index (χ4n) is 2.13. The molecule has 6 heteroatoms. The number of nitrogens with one attached hydrogen (secondary N) is 2. The molecule has 6 nitrogen and oxygen atoms in total. The standard InChI is InChI=1S/C17H27N5O/c1-3-18-17(20-12-14-7-8-14)21-13-16(23)22(2)11-9-15-6-4-5-10-19-15/h4-6,10,14H,3,7-9,11-13H2,1-2H3,(H2,18,20,21). The molecule has 1 fully saturated rings. The molecule has 0 saturated heterocycles. The number of likely N-dealkylation sites (N-methyl/N-ethyl adjacent to an activating group) is 1. The van der Waals surface area contributed by atoms with Gasteiger partial charge in [0.2, 0.25) is 5.91 Å². The van der Waals surface area contributed by atoms with Gasteiger partial charge in [0.15, 0.2) is 5.96 Å². The van der Waals surface area contributed by atoms with Crippen molar-refractivity contribution in [2.24, 2.45) is 10.9 Å². The summed E-state index contributed by atoms with van der Waals surface area (Å²) in [6.45, 7) is 4.57. The molecule has 1 aliphatic carbocycles. The molecule has 0 aliphatic heterocycles. The highest BCUT2D eigenvalue weighted by atomic mass is 16.2. The van der Waals surface area contributed by atoms with Crippen LogP contribution < -0.4 is 10.6 Å². The number of rotatable bonds is 8. The molecule has 1 heterocycles. The van der Waals surface area contributed by atoms with Gasteiger partial charge >= 0.3 is 0 Å². The van der Waals surface area contributed by atoms with Crippen LogP contribution in [0.25, 0.3) is 0 Å². The van der Waals surface area contributed by atoms with Crippen molar-refractivity contribution in [2.45, 2.75) is 26.2 Å². The Bertz CT molecular complexity index is 513. The second-order valence-corrected chi connectivity index (χ2v) is 5.91. The van der Waals surface area contributed by atoms with Gasteiger partial charge in [-0.3, -0.25) is 9.78 Å². The van der Waals surface area contributed by atoms with Crippen molar-refractivity contribution in [3.63, 3.8) is 0 Å². The van der Waals surface area contributed by atoms with E-state index in [1.807, 2.05) is 32.2 Å². The van der Waals surface area contributed by atoms with Gasteiger partial charge in [-0.25, -0.2) is 4.99 Å². The lowest BCUT2D eigenvalue weighted by Gasteiger charge is -2.16. The molecule has 126 valence electrons. The van der Waals surface area contributed by atoms with Gasteiger partial charge in [-0.15, -0.1) is 0 Å². The van der Waals surface area contributed by atoms with Crippen molar-refractivity contribution in [2.75, 3.05) is 33.2 Å². The van der Waals surface area contributed by atoms with E-state index >= 15 is 0 Å². The molecule has 1 aromatic rings. The summed E-state index contributed by atoms with van der Waals surface area (Å²) < 4.78 is 0. The quantitative estimate of drug-likeness (QED) is 0.555. The Labute approximate surface area is 138 Å². The molecule has 1 amide bonds. The predicted octanol–water partition coefficient (Wildman–Crippen LogP) is 1.05. The second-order valence-electron chi connectivity index (χ2n) is 5.91. The van der Waals surface area contributed by atoms with E-state index in [2.05, 4.69) is 20.6 Å². The summed E-state index contributed by atoms with van der Waals surface area (Å²) in [5, 5.41) is 6.47. The van der Waals surface area contributed by atoms with Crippen molar-refractivity contribution in [1.29, 1.82) is 0 Å². The van der Waals surface area contributed by atoms with E-state index in [0.29, 0.717) is 6.54 Å². The number of amides is 1. The molecule has 1 aromatic heterocycles. The Kier molecular flexibility index (Phi) is 6.84. The smallest absolute Gasteiger partial charge is 0.244 e. The SMILES string of the molecule is CCNC(=NCC(=O)N(C)CCc1ccccn1)NCC1CC1. The summed E-state index contributed by atoms with van der Waals surface area (Å²) in [4.78, 5) is 22.5. The number of hydrogen-bond acceptors (Lipinski definition) is 3. The molecular formula is C17H27N5O. The van der Waals surface area contributed by atoms with Crippen molar-refractivity contribution in [3.8, 4) is 0 Å². The van der Waals surface area contributed by atoms with Crippen molar-refractivity contribution >= 4 is 11.9 Å². The molecule has 1 saturated carbocycles. The molecular weight excluding hydrogens is 290 g/mol. The van der Waals surface area contributed by atoms with E-state index in [4.69, 9.17) is 0 Å². The first-order valence-corrected chi connectivity index (χ1v) is 8.35. The zero-order valence-electron chi connectivity index (χ0n) is 14.1. The van der Waals surface area contributed by atoms with Crippen LogP contribution >= 0.6 is 0 Å². The minimum atomic E-state index is 0.0181. The molecule has 0 aromatic carbocycles. The van der Waals surface area contributed by atoms with Crippen LogP contribution in [-0.4, -0.2) is 55.0 Å². The second kappa shape index (κ2) is 9.12. The van der Waals surface area contributed by atoms with Crippen molar-refractivity contribution in [1.82, 2.24) is 20.5 Å². The van der Waals surface area contributed by atoms with Crippen LogP contribution in [0, 0.1) is 5.92 Å². The van der Waals surface area contributed by atoms with Crippen LogP contribution in [-0.2, 0) is 11.2 Å². The first-order valence-electron chi connectivity index (χ1n) is 8.35. The Morgan fingerprint density at radius 2 is 2.22 bits per heavy atom. The highest BCUT2D eigenvalue weighted by Crippen LogP contribution is 2.27. The molecule has 0 unspecified atom stereocenters. The first-order chi connectivity index (χ1) is 11.2. The molecule has 2 rings (SSSR count). The average Bonchev–Trinajstić information content (AvgIpc) is 3.40. The van der Waals surface area contributed by atoms with Gasteiger partial charge in [-0.1, -0.05) is 6.07 Å². The maximum Gasteiger partial charge on any atom is 0.244 e. The largest absolute Gasteiger partial charge is 0.357 e.